The first kappa shape index (κ1) is 21.1. The highest BCUT2D eigenvalue weighted by atomic mass is 35.5. The zero-order valence-electron chi connectivity index (χ0n) is 15.7. The molecule has 0 saturated carbocycles. The Balaban J connectivity index is 0.00000105. The Morgan fingerprint density at radius 2 is 1.81 bits per heavy atom. The van der Waals surface area contributed by atoms with Crippen LogP contribution in [0.2, 0.25) is 0 Å². The van der Waals surface area contributed by atoms with Gasteiger partial charge in [-0.2, -0.15) is 0 Å². The van der Waals surface area contributed by atoms with Crippen LogP contribution in [0.25, 0.3) is 0 Å². The molecule has 5 heterocycles. The summed E-state index contributed by atoms with van der Waals surface area (Å²) in [7, 11) is 0. The van der Waals surface area contributed by atoms with Crippen LogP contribution in [-0.2, 0) is 13.1 Å². The predicted octanol–water partition coefficient (Wildman–Crippen LogP) is 2.28. The van der Waals surface area contributed by atoms with Gasteiger partial charge in [-0.25, -0.2) is 0 Å². The fraction of sp³-hybridized carbons (Fsp3) is 0.750. The lowest BCUT2D eigenvalue weighted by Crippen LogP contribution is -2.53. The van der Waals surface area contributed by atoms with E-state index in [1.165, 1.54) is 18.5 Å². The fourth-order valence-electron chi connectivity index (χ4n) is 5.86. The molecule has 4 aliphatic heterocycles. The molecule has 1 aromatic heterocycles. The normalized spacial score (nSPS) is 34.8. The van der Waals surface area contributed by atoms with Crippen molar-refractivity contribution < 1.29 is 5.11 Å². The highest BCUT2D eigenvalue weighted by molar-refractivity contribution is 5.85. The lowest BCUT2D eigenvalue weighted by molar-refractivity contribution is -0.0315. The minimum Gasteiger partial charge on any atom is -0.393 e. The predicted molar refractivity (Wildman–Crippen MR) is 111 cm³/mol. The number of hydrogen-bond acceptors (Lipinski definition) is 4. The van der Waals surface area contributed by atoms with Crippen LogP contribution in [-0.4, -0.2) is 45.9 Å². The van der Waals surface area contributed by atoms with Crippen molar-refractivity contribution in [1.29, 1.82) is 0 Å². The van der Waals surface area contributed by atoms with Gasteiger partial charge in [-0.15, -0.1) is 24.8 Å². The van der Waals surface area contributed by atoms with Crippen LogP contribution < -0.4 is 10.9 Å². The SMILES string of the molecule is Cl.Cl.O=c1c(CN2[C@@H]3CCC[C@H]2CC(O)C3)ccc2n1C[C@@H]1CNC[C@H]2C1. The van der Waals surface area contributed by atoms with Crippen molar-refractivity contribution in [2.24, 2.45) is 5.92 Å². The summed E-state index contributed by atoms with van der Waals surface area (Å²) in [6, 6.07) is 5.20. The third-order valence-electron chi connectivity index (χ3n) is 7.04. The van der Waals surface area contributed by atoms with Crippen LogP contribution in [0.5, 0.6) is 0 Å². The van der Waals surface area contributed by atoms with E-state index in [-0.39, 0.29) is 36.5 Å². The van der Waals surface area contributed by atoms with Gasteiger partial charge in [-0.05, 0) is 50.6 Å². The maximum absolute atomic E-state index is 13.2. The molecular weight excluding hydrogens is 385 g/mol. The van der Waals surface area contributed by atoms with Gasteiger partial charge >= 0.3 is 0 Å². The first-order valence-electron chi connectivity index (χ1n) is 10.1. The standard InChI is InChI=1S/C20H29N3O2.2ClH/c24-18-7-16-2-1-3-17(8-18)22(16)12-14-4-5-19-15-6-13(9-21-10-15)11-23(19)20(14)25;;/h4-5,13,15-18,21,24H,1-3,6-12H2;2*1H/t13-,15+,16-,17+,18?;;/m0../s1. The molecule has 4 aliphatic rings. The molecule has 0 amide bonds. The van der Waals surface area contributed by atoms with Gasteiger partial charge < -0.3 is 15.0 Å². The topological polar surface area (TPSA) is 57.5 Å². The minimum absolute atomic E-state index is 0. The van der Waals surface area contributed by atoms with Gasteiger partial charge in [0.1, 0.15) is 0 Å². The van der Waals surface area contributed by atoms with E-state index in [1.54, 1.807) is 0 Å². The van der Waals surface area contributed by atoms with Crippen LogP contribution in [0.4, 0.5) is 0 Å². The number of nitrogens with one attached hydrogen (secondary N) is 1. The third-order valence-corrected chi connectivity index (χ3v) is 7.04. The number of rotatable bonds is 2. The number of aliphatic hydroxyl groups excluding tert-OH is 1. The molecule has 1 unspecified atom stereocenters. The summed E-state index contributed by atoms with van der Waals surface area (Å²) in [5.41, 5.74) is 2.41. The van der Waals surface area contributed by atoms with Crippen LogP contribution in [0.15, 0.2) is 16.9 Å². The van der Waals surface area contributed by atoms with Crippen molar-refractivity contribution in [3.8, 4) is 0 Å². The number of aromatic nitrogens is 1. The number of nitrogens with zero attached hydrogens (tertiary/aromatic N) is 2. The highest BCUT2D eigenvalue weighted by Gasteiger charge is 2.38. The fourth-order valence-corrected chi connectivity index (χ4v) is 5.86. The van der Waals surface area contributed by atoms with E-state index in [0.29, 0.717) is 23.9 Å². The molecule has 2 N–H and O–H groups in total. The molecule has 0 radical (unpaired) electrons. The van der Waals surface area contributed by atoms with Gasteiger partial charge in [-0.1, -0.05) is 12.5 Å². The zero-order chi connectivity index (χ0) is 17.0. The van der Waals surface area contributed by atoms with Crippen LogP contribution in [0, 0.1) is 5.92 Å². The Bertz CT molecular complexity index is 712. The van der Waals surface area contributed by atoms with Crippen molar-refractivity contribution in [3.05, 3.63) is 33.7 Å². The second kappa shape index (κ2) is 8.42. The maximum Gasteiger partial charge on any atom is 0.255 e. The van der Waals surface area contributed by atoms with Crippen LogP contribution in [0.3, 0.4) is 0 Å². The molecule has 27 heavy (non-hydrogen) atoms. The van der Waals surface area contributed by atoms with Gasteiger partial charge in [0.2, 0.25) is 0 Å². The van der Waals surface area contributed by atoms with Crippen LogP contribution in [0.1, 0.15) is 55.7 Å². The molecule has 5 atom stereocenters. The Morgan fingerprint density at radius 1 is 1.07 bits per heavy atom. The quantitative estimate of drug-likeness (QED) is 0.777. The van der Waals surface area contributed by atoms with Crippen LogP contribution >= 0.6 is 24.8 Å². The van der Waals surface area contributed by atoms with Crippen molar-refractivity contribution in [1.82, 2.24) is 14.8 Å². The highest BCUT2D eigenvalue weighted by Crippen LogP contribution is 2.35. The van der Waals surface area contributed by atoms with E-state index in [9.17, 15) is 9.90 Å². The zero-order valence-corrected chi connectivity index (χ0v) is 17.3. The molecule has 5 nitrogen and oxygen atoms in total. The Labute approximate surface area is 173 Å². The minimum atomic E-state index is -0.150. The summed E-state index contributed by atoms with van der Waals surface area (Å²) in [6.07, 6.45) is 6.41. The van der Waals surface area contributed by atoms with Crippen molar-refractivity contribution in [3.63, 3.8) is 0 Å². The van der Waals surface area contributed by atoms with Gasteiger partial charge in [0, 0.05) is 48.9 Å². The van der Waals surface area contributed by atoms with Gasteiger partial charge in [0.05, 0.1) is 6.10 Å². The largest absolute Gasteiger partial charge is 0.393 e. The Morgan fingerprint density at radius 3 is 2.56 bits per heavy atom. The van der Waals surface area contributed by atoms with E-state index in [1.807, 2.05) is 0 Å². The molecule has 7 heteroatoms. The average molecular weight is 416 g/mol. The first-order chi connectivity index (χ1) is 12.2. The lowest BCUT2D eigenvalue weighted by Gasteiger charge is -2.48. The van der Waals surface area contributed by atoms with E-state index < -0.39 is 0 Å². The molecule has 0 aliphatic carbocycles. The summed E-state index contributed by atoms with van der Waals surface area (Å²) >= 11 is 0. The van der Waals surface area contributed by atoms with E-state index >= 15 is 0 Å². The van der Waals surface area contributed by atoms with E-state index in [2.05, 4.69) is 26.9 Å². The summed E-state index contributed by atoms with van der Waals surface area (Å²) in [5.74, 6) is 1.10. The molecule has 4 bridgehead atoms. The number of piperidine rings is 3. The third kappa shape index (κ3) is 3.82. The lowest BCUT2D eigenvalue weighted by atomic mass is 9.82. The smallest absolute Gasteiger partial charge is 0.255 e. The van der Waals surface area contributed by atoms with Crippen molar-refractivity contribution in [2.75, 3.05) is 13.1 Å². The van der Waals surface area contributed by atoms with Crippen molar-refractivity contribution in [2.45, 2.75) is 75.7 Å². The summed E-state index contributed by atoms with van der Waals surface area (Å²) in [5, 5.41) is 13.6. The van der Waals surface area contributed by atoms with Gasteiger partial charge in [0.15, 0.2) is 0 Å². The first-order valence-corrected chi connectivity index (χ1v) is 10.1. The summed E-state index contributed by atoms with van der Waals surface area (Å²) in [4.78, 5) is 15.7. The monoisotopic (exact) mass is 415 g/mol. The average Bonchev–Trinajstić information content (AvgIpc) is 2.59. The molecular formula is C20H31Cl2N3O2. The van der Waals surface area contributed by atoms with Gasteiger partial charge in [-0.3, -0.25) is 9.69 Å². The Kier molecular flexibility index (Phi) is 6.59. The number of hydrogen-bond donors (Lipinski definition) is 2. The number of fused-ring (bicyclic) bond motifs is 6. The summed E-state index contributed by atoms with van der Waals surface area (Å²) in [6.45, 7) is 3.68. The number of pyridine rings is 1. The molecule has 3 saturated heterocycles. The van der Waals surface area contributed by atoms with E-state index in [0.717, 1.165) is 57.4 Å². The molecule has 152 valence electrons. The number of aliphatic hydroxyl groups is 1. The molecule has 3 fully saturated rings. The van der Waals surface area contributed by atoms with Gasteiger partial charge in [0.25, 0.3) is 5.56 Å². The maximum atomic E-state index is 13.2. The second-order valence-electron chi connectivity index (χ2n) is 8.69. The molecule has 1 aromatic rings. The molecule has 5 rings (SSSR count). The molecule has 0 aromatic carbocycles. The molecule has 0 spiro atoms. The van der Waals surface area contributed by atoms with E-state index in [4.69, 9.17) is 0 Å². The Hall–Kier alpha value is -0.590. The number of halogens is 2. The van der Waals surface area contributed by atoms with Crippen molar-refractivity contribution >= 4 is 24.8 Å². The summed E-state index contributed by atoms with van der Waals surface area (Å²) < 4.78 is 2.07. The second-order valence-corrected chi connectivity index (χ2v) is 8.69.